The van der Waals surface area contributed by atoms with Gasteiger partial charge in [0.05, 0.1) is 22.3 Å². The van der Waals surface area contributed by atoms with E-state index in [1.807, 2.05) is 6.07 Å². The van der Waals surface area contributed by atoms with Gasteiger partial charge in [-0.15, -0.1) is 0 Å². The molecule has 0 spiro atoms. The highest BCUT2D eigenvalue weighted by Crippen LogP contribution is 2.29. The molecule has 6 nitrogen and oxygen atoms in total. The summed E-state index contributed by atoms with van der Waals surface area (Å²) >= 11 is 13.5. The maximum Gasteiger partial charge on any atom is 0.325 e. The van der Waals surface area contributed by atoms with Crippen LogP contribution in [0.15, 0.2) is 47.5 Å². The van der Waals surface area contributed by atoms with E-state index in [2.05, 4.69) is 4.99 Å². The Morgan fingerprint density at radius 2 is 1.93 bits per heavy atom. The third-order valence-electron chi connectivity index (χ3n) is 3.54. The number of thiazole rings is 1. The number of methoxy groups -OCH3 is 1. The average Bonchev–Trinajstić information content (AvgIpc) is 2.97. The molecule has 27 heavy (non-hydrogen) atoms. The van der Waals surface area contributed by atoms with Gasteiger partial charge in [0.2, 0.25) is 0 Å². The van der Waals surface area contributed by atoms with Crippen molar-refractivity contribution in [2.24, 2.45) is 4.99 Å². The Bertz CT molecular complexity index is 1060. The normalized spacial score (nSPS) is 11.6. The minimum atomic E-state index is -0.494. The summed E-state index contributed by atoms with van der Waals surface area (Å²) in [6, 6.07) is 12.2. The van der Waals surface area contributed by atoms with Crippen LogP contribution in [0.3, 0.4) is 0 Å². The molecule has 0 aliphatic carbocycles. The summed E-state index contributed by atoms with van der Waals surface area (Å²) in [5.41, 5.74) is 0.562. The third kappa shape index (κ3) is 4.68. The SMILES string of the molecule is COC(=O)Cn1c(=NC(=O)COc2ccccc2)sc2cc(Cl)cc(Cl)c21. The molecule has 3 rings (SSSR count). The Labute approximate surface area is 168 Å². The molecule has 9 heteroatoms. The fourth-order valence-electron chi connectivity index (χ4n) is 2.36. The molecule has 0 saturated carbocycles. The van der Waals surface area contributed by atoms with E-state index in [1.54, 1.807) is 36.4 Å². The number of amides is 1. The Kier molecular flexibility index (Phi) is 6.15. The minimum absolute atomic E-state index is 0.135. The molecule has 2 aromatic carbocycles. The summed E-state index contributed by atoms with van der Waals surface area (Å²) in [7, 11) is 1.28. The van der Waals surface area contributed by atoms with E-state index in [-0.39, 0.29) is 13.2 Å². The lowest BCUT2D eigenvalue weighted by atomic mass is 10.3. The second-order valence-corrected chi connectivity index (χ2v) is 7.24. The lowest BCUT2D eigenvalue weighted by Crippen LogP contribution is -2.23. The van der Waals surface area contributed by atoms with Gasteiger partial charge in [-0.05, 0) is 24.3 Å². The van der Waals surface area contributed by atoms with Crippen molar-refractivity contribution in [3.8, 4) is 5.75 Å². The van der Waals surface area contributed by atoms with Crippen LogP contribution in [-0.2, 0) is 20.9 Å². The highest BCUT2D eigenvalue weighted by atomic mass is 35.5. The van der Waals surface area contributed by atoms with E-state index in [0.29, 0.717) is 30.8 Å². The number of carbonyl (C=O) groups is 2. The monoisotopic (exact) mass is 424 g/mol. The van der Waals surface area contributed by atoms with Crippen LogP contribution in [0.2, 0.25) is 10.0 Å². The van der Waals surface area contributed by atoms with Gasteiger partial charge in [0.25, 0.3) is 5.91 Å². The number of rotatable bonds is 5. The number of halogens is 2. The molecule has 140 valence electrons. The summed E-state index contributed by atoms with van der Waals surface area (Å²) in [4.78, 5) is 28.4. The Morgan fingerprint density at radius 1 is 1.19 bits per heavy atom. The second kappa shape index (κ2) is 8.56. The molecule has 0 aliphatic heterocycles. The van der Waals surface area contributed by atoms with Gasteiger partial charge < -0.3 is 14.0 Å². The summed E-state index contributed by atoms with van der Waals surface area (Å²) in [6.45, 7) is -0.367. The van der Waals surface area contributed by atoms with Crippen molar-refractivity contribution in [1.82, 2.24) is 4.57 Å². The highest BCUT2D eigenvalue weighted by molar-refractivity contribution is 7.16. The van der Waals surface area contributed by atoms with E-state index >= 15 is 0 Å². The zero-order valence-corrected chi connectivity index (χ0v) is 16.5. The standard InChI is InChI=1S/C18H14Cl2N2O4S/c1-25-16(24)9-22-17-13(20)7-11(19)8-14(17)27-18(22)21-15(23)10-26-12-5-3-2-4-6-12/h2-8H,9-10H2,1H3. The van der Waals surface area contributed by atoms with Gasteiger partial charge in [0.15, 0.2) is 11.4 Å². The van der Waals surface area contributed by atoms with Crippen molar-refractivity contribution in [1.29, 1.82) is 0 Å². The lowest BCUT2D eigenvalue weighted by Gasteiger charge is -2.05. The Morgan fingerprint density at radius 3 is 2.63 bits per heavy atom. The maximum absolute atomic E-state index is 12.2. The summed E-state index contributed by atoms with van der Waals surface area (Å²) in [6.07, 6.45) is 0. The fraction of sp³-hybridized carbons (Fsp3) is 0.167. The number of nitrogens with zero attached hydrogens (tertiary/aromatic N) is 2. The highest BCUT2D eigenvalue weighted by Gasteiger charge is 2.15. The molecule has 3 aromatic rings. The predicted octanol–water partition coefficient (Wildman–Crippen LogP) is 3.69. The van der Waals surface area contributed by atoms with Crippen LogP contribution < -0.4 is 9.54 Å². The molecular weight excluding hydrogens is 411 g/mol. The van der Waals surface area contributed by atoms with E-state index in [0.717, 1.165) is 0 Å². The van der Waals surface area contributed by atoms with Gasteiger partial charge in [-0.2, -0.15) is 4.99 Å². The molecule has 0 aliphatic rings. The predicted molar refractivity (Wildman–Crippen MR) is 104 cm³/mol. The number of aromatic nitrogens is 1. The molecule has 0 bridgehead atoms. The first-order chi connectivity index (χ1) is 13.0. The number of para-hydroxylation sites is 1. The summed E-state index contributed by atoms with van der Waals surface area (Å²) in [5, 5.41) is 0.802. The molecule has 1 heterocycles. The first-order valence-corrected chi connectivity index (χ1v) is 9.36. The number of esters is 1. The molecule has 0 radical (unpaired) electrons. The molecular formula is C18H14Cl2N2O4S. The quantitative estimate of drug-likeness (QED) is 0.585. The molecule has 0 unspecified atom stereocenters. The molecule has 1 aromatic heterocycles. The van der Waals surface area contributed by atoms with Crippen LogP contribution in [0.1, 0.15) is 0 Å². The van der Waals surface area contributed by atoms with E-state index in [9.17, 15) is 9.59 Å². The van der Waals surface area contributed by atoms with Crippen LogP contribution in [0.5, 0.6) is 5.75 Å². The Balaban J connectivity index is 1.97. The minimum Gasteiger partial charge on any atom is -0.484 e. The smallest absolute Gasteiger partial charge is 0.325 e. The number of fused-ring (bicyclic) bond motifs is 1. The van der Waals surface area contributed by atoms with Gasteiger partial charge in [-0.25, -0.2) is 0 Å². The number of hydrogen-bond donors (Lipinski definition) is 0. The molecule has 0 fully saturated rings. The number of hydrogen-bond acceptors (Lipinski definition) is 5. The zero-order chi connectivity index (χ0) is 19.4. The van der Waals surface area contributed by atoms with Crippen LogP contribution >= 0.6 is 34.5 Å². The molecule has 0 saturated heterocycles. The second-order valence-electron chi connectivity index (χ2n) is 5.39. The van der Waals surface area contributed by atoms with Crippen molar-refractivity contribution in [2.75, 3.05) is 13.7 Å². The third-order valence-corrected chi connectivity index (χ3v) is 5.07. The Hall–Kier alpha value is -2.35. The van der Waals surface area contributed by atoms with Crippen LogP contribution in [-0.4, -0.2) is 30.2 Å². The van der Waals surface area contributed by atoms with Crippen molar-refractivity contribution < 1.29 is 19.1 Å². The van der Waals surface area contributed by atoms with Gasteiger partial charge in [-0.1, -0.05) is 52.7 Å². The van der Waals surface area contributed by atoms with E-state index in [1.165, 1.54) is 23.0 Å². The lowest BCUT2D eigenvalue weighted by molar-refractivity contribution is -0.141. The van der Waals surface area contributed by atoms with E-state index in [4.69, 9.17) is 32.7 Å². The average molecular weight is 425 g/mol. The van der Waals surface area contributed by atoms with Crippen molar-refractivity contribution in [2.45, 2.75) is 6.54 Å². The topological polar surface area (TPSA) is 69.9 Å². The van der Waals surface area contributed by atoms with Gasteiger partial charge in [-0.3, -0.25) is 9.59 Å². The van der Waals surface area contributed by atoms with Crippen LogP contribution in [0.4, 0.5) is 0 Å². The van der Waals surface area contributed by atoms with Gasteiger partial charge in [0.1, 0.15) is 12.3 Å². The van der Waals surface area contributed by atoms with Crippen molar-refractivity contribution >= 4 is 56.6 Å². The zero-order valence-electron chi connectivity index (χ0n) is 14.1. The molecule has 1 amide bonds. The van der Waals surface area contributed by atoms with Crippen molar-refractivity contribution in [3.63, 3.8) is 0 Å². The van der Waals surface area contributed by atoms with Crippen molar-refractivity contribution in [3.05, 3.63) is 57.3 Å². The fourth-order valence-corrected chi connectivity index (χ4v) is 4.18. The first-order valence-electron chi connectivity index (χ1n) is 7.78. The molecule has 0 atom stereocenters. The number of carbonyl (C=O) groups excluding carboxylic acids is 2. The maximum atomic E-state index is 12.2. The summed E-state index contributed by atoms with van der Waals surface area (Å²) in [5.74, 6) is -0.420. The van der Waals surface area contributed by atoms with Gasteiger partial charge in [0, 0.05) is 5.02 Å². The number of ether oxygens (including phenoxy) is 2. The molecule has 0 N–H and O–H groups in total. The first kappa shape index (κ1) is 19.4. The largest absolute Gasteiger partial charge is 0.484 e. The van der Waals surface area contributed by atoms with Gasteiger partial charge >= 0.3 is 5.97 Å². The van der Waals surface area contributed by atoms with E-state index < -0.39 is 11.9 Å². The van der Waals surface area contributed by atoms with Crippen LogP contribution in [0, 0.1) is 0 Å². The van der Waals surface area contributed by atoms with Crippen LogP contribution in [0.25, 0.3) is 10.2 Å². The number of benzene rings is 2. The summed E-state index contributed by atoms with van der Waals surface area (Å²) < 4.78 is 12.4.